The van der Waals surface area contributed by atoms with Gasteiger partial charge < -0.3 is 10.1 Å². The smallest absolute Gasteiger partial charge is 0.224 e. The zero-order valence-corrected chi connectivity index (χ0v) is 15.2. The normalized spacial score (nSPS) is 12.7. The first-order valence-corrected chi connectivity index (χ1v) is 9.13. The molecule has 0 spiro atoms. The van der Waals surface area contributed by atoms with Crippen molar-refractivity contribution < 1.29 is 17.9 Å². The number of carbonyl (C=O) groups excluding carboxylic acids is 1. The third-order valence-electron chi connectivity index (χ3n) is 3.02. The van der Waals surface area contributed by atoms with Gasteiger partial charge in [0.15, 0.2) is 0 Å². The highest BCUT2D eigenvalue weighted by Gasteiger charge is 2.14. The van der Waals surface area contributed by atoms with Gasteiger partial charge in [0.05, 0.1) is 12.4 Å². The fourth-order valence-electron chi connectivity index (χ4n) is 1.54. The molecular formula is C16H28N2O4S. The SMILES string of the molecule is C=C(/C=C\C(=C/C)OC)NC(=O)CCCCNS(=O)(=O)C(C)C. The van der Waals surface area contributed by atoms with Gasteiger partial charge in [-0.25, -0.2) is 13.1 Å². The Morgan fingerprint density at radius 2 is 1.91 bits per heavy atom. The summed E-state index contributed by atoms with van der Waals surface area (Å²) in [5.41, 5.74) is 0.479. The number of allylic oxidation sites excluding steroid dienone is 3. The maximum atomic E-state index is 11.7. The minimum atomic E-state index is -3.23. The van der Waals surface area contributed by atoms with E-state index >= 15 is 0 Å². The van der Waals surface area contributed by atoms with Gasteiger partial charge in [-0.05, 0) is 51.8 Å². The first-order valence-electron chi connectivity index (χ1n) is 7.58. The fourth-order valence-corrected chi connectivity index (χ4v) is 2.30. The van der Waals surface area contributed by atoms with E-state index in [2.05, 4.69) is 16.6 Å². The molecule has 0 saturated carbocycles. The van der Waals surface area contributed by atoms with Crippen molar-refractivity contribution in [1.29, 1.82) is 0 Å². The lowest BCUT2D eigenvalue weighted by atomic mass is 10.2. The van der Waals surface area contributed by atoms with Gasteiger partial charge in [-0.15, -0.1) is 0 Å². The van der Waals surface area contributed by atoms with Crippen LogP contribution in [0.2, 0.25) is 0 Å². The highest BCUT2D eigenvalue weighted by Crippen LogP contribution is 2.02. The van der Waals surface area contributed by atoms with Gasteiger partial charge in [-0.1, -0.05) is 6.58 Å². The van der Waals surface area contributed by atoms with Crippen LogP contribution in [-0.4, -0.2) is 33.2 Å². The Balaban J connectivity index is 3.98. The van der Waals surface area contributed by atoms with Crippen LogP contribution < -0.4 is 10.0 Å². The third kappa shape index (κ3) is 9.91. The van der Waals surface area contributed by atoms with E-state index in [-0.39, 0.29) is 5.91 Å². The molecule has 1 amide bonds. The van der Waals surface area contributed by atoms with E-state index in [0.29, 0.717) is 37.3 Å². The Bertz CT molecular complexity index is 548. The number of amides is 1. The van der Waals surface area contributed by atoms with Gasteiger partial charge in [0.2, 0.25) is 15.9 Å². The molecule has 0 saturated heterocycles. The van der Waals surface area contributed by atoms with Crippen molar-refractivity contribution in [3.05, 3.63) is 36.3 Å². The summed E-state index contributed by atoms with van der Waals surface area (Å²) in [5, 5.41) is 2.22. The lowest BCUT2D eigenvalue weighted by molar-refractivity contribution is -0.120. The molecule has 132 valence electrons. The molecule has 7 heteroatoms. The molecule has 0 radical (unpaired) electrons. The van der Waals surface area contributed by atoms with Crippen molar-refractivity contribution >= 4 is 15.9 Å². The topological polar surface area (TPSA) is 84.5 Å². The minimum absolute atomic E-state index is 0.147. The Morgan fingerprint density at radius 3 is 2.43 bits per heavy atom. The van der Waals surface area contributed by atoms with Crippen LogP contribution in [0.25, 0.3) is 0 Å². The Morgan fingerprint density at radius 1 is 1.26 bits per heavy atom. The summed E-state index contributed by atoms with van der Waals surface area (Å²) >= 11 is 0. The predicted octanol–water partition coefficient (Wildman–Crippen LogP) is 2.22. The molecule has 0 aliphatic carbocycles. The number of rotatable bonds is 11. The van der Waals surface area contributed by atoms with Crippen LogP contribution >= 0.6 is 0 Å². The van der Waals surface area contributed by atoms with Crippen molar-refractivity contribution in [2.45, 2.75) is 45.3 Å². The average Bonchev–Trinajstić information content (AvgIpc) is 2.47. The standard InChI is InChI=1S/C16H28N2O4S/c1-6-15(22-5)11-10-14(4)18-16(19)9-7-8-12-17-23(20,21)13(2)3/h6,10-11,13,17H,4,7-9,12H2,1-3,5H3,(H,18,19)/b11-10-,15-6+. The van der Waals surface area contributed by atoms with Gasteiger partial charge in [0.25, 0.3) is 0 Å². The van der Waals surface area contributed by atoms with Crippen LogP contribution in [-0.2, 0) is 19.6 Å². The van der Waals surface area contributed by atoms with Gasteiger partial charge in [0.1, 0.15) is 5.76 Å². The van der Waals surface area contributed by atoms with E-state index in [1.54, 1.807) is 39.2 Å². The highest BCUT2D eigenvalue weighted by atomic mass is 32.2. The molecule has 0 aliphatic heterocycles. The van der Waals surface area contributed by atoms with Crippen LogP contribution in [0.3, 0.4) is 0 Å². The van der Waals surface area contributed by atoms with E-state index in [0.717, 1.165) is 0 Å². The van der Waals surface area contributed by atoms with Crippen molar-refractivity contribution in [3.63, 3.8) is 0 Å². The van der Waals surface area contributed by atoms with E-state index in [1.807, 2.05) is 6.92 Å². The van der Waals surface area contributed by atoms with Crippen molar-refractivity contribution in [2.75, 3.05) is 13.7 Å². The van der Waals surface area contributed by atoms with Gasteiger partial charge >= 0.3 is 0 Å². The number of nitrogens with one attached hydrogen (secondary N) is 2. The van der Waals surface area contributed by atoms with Gasteiger partial charge in [-0.3, -0.25) is 4.79 Å². The number of carbonyl (C=O) groups is 1. The van der Waals surface area contributed by atoms with E-state index < -0.39 is 15.3 Å². The fraction of sp³-hybridized carbons (Fsp3) is 0.562. The molecule has 0 rings (SSSR count). The highest BCUT2D eigenvalue weighted by molar-refractivity contribution is 7.90. The number of ether oxygens (including phenoxy) is 1. The molecule has 23 heavy (non-hydrogen) atoms. The zero-order chi connectivity index (χ0) is 17.9. The van der Waals surface area contributed by atoms with Crippen LogP contribution in [0.1, 0.15) is 40.0 Å². The maximum Gasteiger partial charge on any atom is 0.224 e. The molecule has 0 aromatic carbocycles. The largest absolute Gasteiger partial charge is 0.497 e. The summed E-state index contributed by atoms with van der Waals surface area (Å²) in [6, 6.07) is 0. The number of hydrogen-bond donors (Lipinski definition) is 2. The molecule has 0 aliphatic rings. The summed E-state index contributed by atoms with van der Waals surface area (Å²) in [4.78, 5) is 11.7. The minimum Gasteiger partial charge on any atom is -0.497 e. The molecule has 0 bridgehead atoms. The van der Waals surface area contributed by atoms with Crippen LogP contribution in [0, 0.1) is 0 Å². The zero-order valence-electron chi connectivity index (χ0n) is 14.4. The quantitative estimate of drug-likeness (QED) is 0.342. The first kappa shape index (κ1) is 21.4. The third-order valence-corrected chi connectivity index (χ3v) is 4.87. The van der Waals surface area contributed by atoms with Crippen LogP contribution in [0.4, 0.5) is 0 Å². The predicted molar refractivity (Wildman–Crippen MR) is 93.1 cm³/mol. The number of sulfonamides is 1. The molecule has 0 heterocycles. The molecule has 0 atom stereocenters. The lowest BCUT2D eigenvalue weighted by Gasteiger charge is -2.09. The Kier molecular flexibility index (Phi) is 10.2. The number of hydrogen-bond acceptors (Lipinski definition) is 4. The van der Waals surface area contributed by atoms with E-state index in [9.17, 15) is 13.2 Å². The Labute approximate surface area is 139 Å². The lowest BCUT2D eigenvalue weighted by Crippen LogP contribution is -2.31. The number of methoxy groups -OCH3 is 1. The second-order valence-corrected chi connectivity index (χ2v) is 7.57. The number of unbranched alkanes of at least 4 members (excludes halogenated alkanes) is 1. The summed E-state index contributed by atoms with van der Waals surface area (Å²) < 4.78 is 30.6. The van der Waals surface area contributed by atoms with Crippen LogP contribution in [0.15, 0.2) is 36.3 Å². The molecule has 0 aromatic heterocycles. The van der Waals surface area contributed by atoms with E-state index in [4.69, 9.17) is 4.74 Å². The summed E-state index contributed by atoms with van der Waals surface area (Å²) in [7, 11) is -1.67. The molecule has 0 aromatic rings. The Hall–Kier alpha value is -1.60. The summed E-state index contributed by atoms with van der Waals surface area (Å²) in [6.07, 6.45) is 6.69. The molecule has 0 unspecified atom stereocenters. The molecule has 6 nitrogen and oxygen atoms in total. The second kappa shape index (κ2) is 11.0. The second-order valence-electron chi connectivity index (χ2n) is 5.25. The summed E-state index contributed by atoms with van der Waals surface area (Å²) in [6.45, 7) is 9.17. The van der Waals surface area contributed by atoms with Gasteiger partial charge in [-0.2, -0.15) is 0 Å². The average molecular weight is 344 g/mol. The first-order chi connectivity index (χ1) is 10.7. The van der Waals surface area contributed by atoms with Crippen molar-refractivity contribution in [3.8, 4) is 0 Å². The van der Waals surface area contributed by atoms with Crippen LogP contribution in [0.5, 0.6) is 0 Å². The maximum absolute atomic E-state index is 11.7. The summed E-state index contributed by atoms with van der Waals surface area (Å²) in [5.74, 6) is 0.531. The molecule has 0 fully saturated rings. The molecular weight excluding hydrogens is 316 g/mol. The van der Waals surface area contributed by atoms with Crippen molar-refractivity contribution in [2.24, 2.45) is 0 Å². The van der Waals surface area contributed by atoms with E-state index in [1.165, 1.54) is 0 Å². The van der Waals surface area contributed by atoms with Crippen molar-refractivity contribution in [1.82, 2.24) is 10.0 Å². The van der Waals surface area contributed by atoms with Gasteiger partial charge in [0, 0.05) is 18.7 Å². The molecule has 2 N–H and O–H groups in total. The monoisotopic (exact) mass is 344 g/mol.